The van der Waals surface area contributed by atoms with Gasteiger partial charge in [0.2, 0.25) is 0 Å². The van der Waals surface area contributed by atoms with E-state index < -0.39 is 0 Å². The molecule has 0 spiro atoms. The Kier molecular flexibility index (Phi) is 4.97. The molecule has 0 aromatic heterocycles. The highest BCUT2D eigenvalue weighted by Crippen LogP contribution is 2.18. The summed E-state index contributed by atoms with van der Waals surface area (Å²) >= 11 is 0. The van der Waals surface area contributed by atoms with Crippen molar-refractivity contribution in [3.05, 3.63) is 35.4 Å². The van der Waals surface area contributed by atoms with E-state index in [2.05, 4.69) is 13.0 Å². The predicted octanol–water partition coefficient (Wildman–Crippen LogP) is 2.59. The van der Waals surface area contributed by atoms with Gasteiger partial charge in [-0.25, -0.2) is 0 Å². The van der Waals surface area contributed by atoms with Crippen LogP contribution in [0.15, 0.2) is 24.3 Å². The maximum absolute atomic E-state index is 12.5. The Morgan fingerprint density at radius 2 is 2.16 bits per heavy atom. The smallest absolute Gasteiger partial charge is 0.254 e. The van der Waals surface area contributed by atoms with Crippen LogP contribution in [0.2, 0.25) is 0 Å². The van der Waals surface area contributed by atoms with Gasteiger partial charge in [0.1, 0.15) is 0 Å². The average Bonchev–Trinajstić information content (AvgIpc) is 2.59. The molecular formula is C16H24N2O. The third-order valence-corrected chi connectivity index (χ3v) is 3.94. The summed E-state index contributed by atoms with van der Waals surface area (Å²) in [6.45, 7) is 3.81. The maximum Gasteiger partial charge on any atom is 0.254 e. The third kappa shape index (κ3) is 3.57. The second-order valence-corrected chi connectivity index (χ2v) is 5.36. The van der Waals surface area contributed by atoms with Crippen molar-refractivity contribution in [1.82, 2.24) is 4.90 Å². The van der Waals surface area contributed by atoms with Gasteiger partial charge in [0.15, 0.2) is 0 Å². The zero-order chi connectivity index (χ0) is 13.7. The Labute approximate surface area is 115 Å². The van der Waals surface area contributed by atoms with Gasteiger partial charge in [-0.1, -0.05) is 25.1 Å². The summed E-state index contributed by atoms with van der Waals surface area (Å²) in [5.41, 5.74) is 8.01. The van der Waals surface area contributed by atoms with Crippen LogP contribution < -0.4 is 5.73 Å². The van der Waals surface area contributed by atoms with Crippen molar-refractivity contribution in [3.63, 3.8) is 0 Å². The molecule has 1 aromatic rings. The average molecular weight is 260 g/mol. The fraction of sp³-hybridized carbons (Fsp3) is 0.562. The molecule has 1 unspecified atom stereocenters. The molecule has 0 fully saturated rings. The van der Waals surface area contributed by atoms with Gasteiger partial charge in [-0.3, -0.25) is 4.79 Å². The van der Waals surface area contributed by atoms with Crippen molar-refractivity contribution in [3.8, 4) is 0 Å². The molecule has 0 saturated heterocycles. The van der Waals surface area contributed by atoms with E-state index >= 15 is 0 Å². The first-order chi connectivity index (χ1) is 9.22. The highest BCUT2D eigenvalue weighted by molar-refractivity contribution is 5.96. The largest absolute Gasteiger partial charge is 0.339 e. The molecule has 2 rings (SSSR count). The van der Waals surface area contributed by atoms with Gasteiger partial charge in [0, 0.05) is 24.7 Å². The molecule has 0 aliphatic carbocycles. The molecule has 1 aromatic carbocycles. The van der Waals surface area contributed by atoms with Crippen molar-refractivity contribution in [1.29, 1.82) is 0 Å². The lowest BCUT2D eigenvalue weighted by molar-refractivity contribution is 0.0757. The number of rotatable bonds is 5. The number of carbonyl (C=O) groups is 1. The molecule has 2 N–H and O–H groups in total. The van der Waals surface area contributed by atoms with Crippen molar-refractivity contribution in [2.45, 2.75) is 45.1 Å². The lowest BCUT2D eigenvalue weighted by Crippen LogP contribution is -2.32. The van der Waals surface area contributed by atoms with Crippen LogP contribution >= 0.6 is 0 Å². The van der Waals surface area contributed by atoms with Crippen molar-refractivity contribution >= 4 is 5.91 Å². The van der Waals surface area contributed by atoms with Gasteiger partial charge >= 0.3 is 0 Å². The number of nitrogens with two attached hydrogens (primary N) is 1. The van der Waals surface area contributed by atoms with Gasteiger partial charge in [-0.05, 0) is 43.7 Å². The fourth-order valence-corrected chi connectivity index (χ4v) is 2.64. The van der Waals surface area contributed by atoms with Crippen LogP contribution in [0.25, 0.3) is 0 Å². The van der Waals surface area contributed by atoms with E-state index in [9.17, 15) is 4.79 Å². The van der Waals surface area contributed by atoms with E-state index in [4.69, 9.17) is 5.73 Å². The van der Waals surface area contributed by atoms with E-state index in [1.54, 1.807) is 0 Å². The van der Waals surface area contributed by atoms with Gasteiger partial charge in [-0.2, -0.15) is 0 Å². The van der Waals surface area contributed by atoms with E-state index in [-0.39, 0.29) is 11.9 Å². The molecule has 1 heterocycles. The molecule has 1 amide bonds. The summed E-state index contributed by atoms with van der Waals surface area (Å²) in [6.07, 6.45) is 5.08. The highest BCUT2D eigenvalue weighted by Gasteiger charge is 2.21. The van der Waals surface area contributed by atoms with Crippen molar-refractivity contribution < 1.29 is 4.79 Å². The number of nitrogens with zero attached hydrogens (tertiary/aromatic N) is 1. The molecular weight excluding hydrogens is 236 g/mol. The summed E-state index contributed by atoms with van der Waals surface area (Å²) in [7, 11) is 0. The number of benzene rings is 1. The second kappa shape index (κ2) is 6.71. The third-order valence-electron chi connectivity index (χ3n) is 3.94. The van der Waals surface area contributed by atoms with E-state index in [1.807, 2.05) is 23.1 Å². The van der Waals surface area contributed by atoms with Crippen LogP contribution in [-0.4, -0.2) is 29.9 Å². The summed E-state index contributed by atoms with van der Waals surface area (Å²) in [6, 6.07) is 8.27. The Bertz CT molecular complexity index is 431. The van der Waals surface area contributed by atoms with Crippen LogP contribution in [0.4, 0.5) is 0 Å². The molecule has 1 atom stereocenters. The number of fused-ring (bicyclic) bond motifs is 1. The Morgan fingerprint density at radius 3 is 2.95 bits per heavy atom. The van der Waals surface area contributed by atoms with Gasteiger partial charge in [-0.15, -0.1) is 0 Å². The lowest BCUT2D eigenvalue weighted by atomic mass is 10.0. The first-order valence-electron chi connectivity index (χ1n) is 7.35. The lowest BCUT2D eigenvalue weighted by Gasteiger charge is -2.21. The number of amides is 1. The van der Waals surface area contributed by atoms with E-state index in [0.717, 1.165) is 50.8 Å². The summed E-state index contributed by atoms with van der Waals surface area (Å²) in [4.78, 5) is 14.5. The second-order valence-electron chi connectivity index (χ2n) is 5.36. The Hall–Kier alpha value is -1.35. The molecule has 0 bridgehead atoms. The summed E-state index contributed by atoms with van der Waals surface area (Å²) < 4.78 is 0. The SMILES string of the molecule is CCC(N)CCCN1CCCc2ccccc2C1=O. The summed E-state index contributed by atoms with van der Waals surface area (Å²) in [5.74, 6) is 0.193. The van der Waals surface area contributed by atoms with Gasteiger partial charge in [0.05, 0.1) is 0 Å². The number of aryl methyl sites for hydroxylation is 1. The monoisotopic (exact) mass is 260 g/mol. The molecule has 3 nitrogen and oxygen atoms in total. The molecule has 0 radical (unpaired) electrons. The number of hydrogen-bond donors (Lipinski definition) is 1. The van der Waals surface area contributed by atoms with Gasteiger partial charge in [0.25, 0.3) is 5.91 Å². The summed E-state index contributed by atoms with van der Waals surface area (Å²) in [5, 5.41) is 0. The minimum absolute atomic E-state index is 0.193. The number of carbonyl (C=O) groups excluding carboxylic acids is 1. The van der Waals surface area contributed by atoms with Crippen LogP contribution in [-0.2, 0) is 6.42 Å². The first kappa shape index (κ1) is 14.1. The fourth-order valence-electron chi connectivity index (χ4n) is 2.64. The molecule has 1 aliphatic rings. The first-order valence-corrected chi connectivity index (χ1v) is 7.35. The quantitative estimate of drug-likeness (QED) is 0.884. The van der Waals surface area contributed by atoms with E-state index in [1.165, 1.54) is 5.56 Å². The predicted molar refractivity (Wildman–Crippen MR) is 78.2 cm³/mol. The zero-order valence-corrected chi connectivity index (χ0v) is 11.8. The minimum Gasteiger partial charge on any atom is -0.339 e. The highest BCUT2D eigenvalue weighted by atomic mass is 16.2. The molecule has 3 heteroatoms. The van der Waals surface area contributed by atoms with Gasteiger partial charge < -0.3 is 10.6 Å². The molecule has 104 valence electrons. The maximum atomic E-state index is 12.5. The van der Waals surface area contributed by atoms with Crippen molar-refractivity contribution in [2.75, 3.05) is 13.1 Å². The topological polar surface area (TPSA) is 46.3 Å². The molecule has 19 heavy (non-hydrogen) atoms. The van der Waals surface area contributed by atoms with Crippen LogP contribution in [0.3, 0.4) is 0 Å². The van der Waals surface area contributed by atoms with Crippen LogP contribution in [0, 0.1) is 0 Å². The molecule has 0 saturated carbocycles. The zero-order valence-electron chi connectivity index (χ0n) is 11.8. The van der Waals surface area contributed by atoms with Crippen molar-refractivity contribution in [2.24, 2.45) is 5.73 Å². The normalized spacial score (nSPS) is 16.9. The van der Waals surface area contributed by atoms with Crippen LogP contribution in [0.5, 0.6) is 0 Å². The standard InChI is InChI=1S/C16H24N2O/c1-2-14(17)9-6-12-18-11-5-8-13-7-3-4-10-15(13)16(18)19/h3-4,7,10,14H,2,5-6,8-9,11-12,17H2,1H3. The van der Waals surface area contributed by atoms with Crippen LogP contribution in [0.1, 0.15) is 48.5 Å². The molecule has 1 aliphatic heterocycles. The minimum atomic E-state index is 0.193. The Morgan fingerprint density at radius 1 is 1.37 bits per heavy atom. The van der Waals surface area contributed by atoms with E-state index in [0.29, 0.717) is 0 Å². The Balaban J connectivity index is 1.97. The number of hydrogen-bond acceptors (Lipinski definition) is 2.